The lowest BCUT2D eigenvalue weighted by molar-refractivity contribution is -0.128. The molecule has 2 unspecified atom stereocenters. The van der Waals surface area contributed by atoms with Gasteiger partial charge >= 0.3 is 5.69 Å². The average molecular weight is 255 g/mol. The Balaban J connectivity index is 2.15. The van der Waals surface area contributed by atoms with Gasteiger partial charge in [0.15, 0.2) is 11.2 Å². The van der Waals surface area contributed by atoms with Gasteiger partial charge in [0.05, 0.1) is 0 Å². The molecule has 2 N–H and O–H groups in total. The molecule has 2 atom stereocenters. The molecule has 7 heteroatoms. The highest BCUT2D eigenvalue weighted by Gasteiger charge is 2.31. The van der Waals surface area contributed by atoms with Gasteiger partial charge in [-0.2, -0.15) is 4.98 Å². The molecule has 1 saturated heterocycles. The molecule has 0 amide bonds. The summed E-state index contributed by atoms with van der Waals surface area (Å²) >= 11 is 1.40. The van der Waals surface area contributed by atoms with Crippen LogP contribution in [0.1, 0.15) is 19.6 Å². The fraction of sp³-hybridized carbons (Fsp3) is 0.500. The van der Waals surface area contributed by atoms with Crippen molar-refractivity contribution in [2.24, 2.45) is 0 Å². The van der Waals surface area contributed by atoms with Crippen LogP contribution in [0.5, 0.6) is 0 Å². The van der Waals surface area contributed by atoms with Crippen molar-refractivity contribution in [3.63, 3.8) is 0 Å². The van der Waals surface area contributed by atoms with Crippen molar-refractivity contribution < 1.29 is 9.53 Å². The van der Waals surface area contributed by atoms with Gasteiger partial charge in [-0.3, -0.25) is 9.36 Å². The molecule has 1 aromatic heterocycles. The number of nitrogens with zero attached hydrogens (tertiary/aromatic N) is 2. The van der Waals surface area contributed by atoms with Crippen LogP contribution in [0.2, 0.25) is 0 Å². The SMILES string of the molecule is CCC(=O)C1OC(n2ccc(N)nc2=O)CS1. The molecule has 1 aliphatic heterocycles. The van der Waals surface area contributed by atoms with Crippen LogP contribution in [0.15, 0.2) is 17.1 Å². The molecule has 0 aliphatic carbocycles. The highest BCUT2D eigenvalue weighted by Crippen LogP contribution is 2.31. The van der Waals surface area contributed by atoms with Crippen molar-refractivity contribution in [2.45, 2.75) is 25.0 Å². The zero-order valence-electron chi connectivity index (χ0n) is 9.33. The Morgan fingerprint density at radius 2 is 2.53 bits per heavy atom. The van der Waals surface area contributed by atoms with Crippen molar-refractivity contribution in [1.82, 2.24) is 9.55 Å². The number of aromatic nitrogens is 2. The van der Waals surface area contributed by atoms with Crippen molar-refractivity contribution in [3.05, 3.63) is 22.7 Å². The van der Waals surface area contributed by atoms with Crippen LogP contribution in [0.25, 0.3) is 0 Å². The summed E-state index contributed by atoms with van der Waals surface area (Å²) in [4.78, 5) is 26.7. The summed E-state index contributed by atoms with van der Waals surface area (Å²) in [5.74, 6) is 0.772. The first-order valence-corrected chi connectivity index (χ1v) is 6.31. The van der Waals surface area contributed by atoms with E-state index in [-0.39, 0.29) is 11.6 Å². The third-order valence-corrected chi connectivity index (χ3v) is 3.60. The Morgan fingerprint density at radius 3 is 3.18 bits per heavy atom. The van der Waals surface area contributed by atoms with E-state index in [2.05, 4.69) is 4.98 Å². The normalized spacial score (nSPS) is 23.8. The molecule has 6 nitrogen and oxygen atoms in total. The second-order valence-electron chi connectivity index (χ2n) is 3.62. The summed E-state index contributed by atoms with van der Waals surface area (Å²) in [7, 11) is 0. The van der Waals surface area contributed by atoms with E-state index in [9.17, 15) is 9.59 Å². The zero-order valence-corrected chi connectivity index (χ0v) is 10.1. The first-order valence-electron chi connectivity index (χ1n) is 5.26. The van der Waals surface area contributed by atoms with E-state index >= 15 is 0 Å². The molecule has 17 heavy (non-hydrogen) atoms. The van der Waals surface area contributed by atoms with E-state index in [0.29, 0.717) is 12.2 Å². The van der Waals surface area contributed by atoms with Crippen LogP contribution < -0.4 is 11.4 Å². The van der Waals surface area contributed by atoms with Crippen LogP contribution in [0.4, 0.5) is 5.82 Å². The fourth-order valence-corrected chi connectivity index (χ4v) is 2.66. The number of carbonyl (C=O) groups excluding carboxylic acids is 1. The molecule has 0 radical (unpaired) electrons. The molecule has 0 saturated carbocycles. The topological polar surface area (TPSA) is 87.2 Å². The lowest BCUT2D eigenvalue weighted by atomic mass is 10.3. The number of nitrogens with two attached hydrogens (primary N) is 1. The number of rotatable bonds is 3. The molecule has 0 bridgehead atoms. The molecule has 0 spiro atoms. The van der Waals surface area contributed by atoms with Gasteiger partial charge in [0, 0.05) is 18.4 Å². The minimum atomic E-state index is -0.477. The van der Waals surface area contributed by atoms with Gasteiger partial charge in [-0.1, -0.05) is 6.92 Å². The molecule has 1 aliphatic rings. The number of ketones is 1. The summed E-state index contributed by atoms with van der Waals surface area (Å²) in [5, 5.41) is 0. The van der Waals surface area contributed by atoms with E-state index < -0.39 is 17.4 Å². The van der Waals surface area contributed by atoms with Gasteiger partial charge in [0.25, 0.3) is 0 Å². The highest BCUT2D eigenvalue weighted by molar-refractivity contribution is 8.00. The molecular weight excluding hydrogens is 242 g/mol. The third kappa shape index (κ3) is 2.50. The lowest BCUT2D eigenvalue weighted by Crippen LogP contribution is -2.29. The Labute approximate surface area is 102 Å². The lowest BCUT2D eigenvalue weighted by Gasteiger charge is -2.13. The largest absolute Gasteiger partial charge is 0.383 e. The Hall–Kier alpha value is -1.34. The first-order chi connectivity index (χ1) is 8.11. The van der Waals surface area contributed by atoms with Gasteiger partial charge < -0.3 is 10.5 Å². The number of carbonyl (C=O) groups is 1. The number of hydrogen-bond donors (Lipinski definition) is 1. The maximum absolute atomic E-state index is 11.6. The summed E-state index contributed by atoms with van der Waals surface area (Å²) in [6.07, 6.45) is 1.52. The van der Waals surface area contributed by atoms with Crippen molar-refractivity contribution in [2.75, 3.05) is 11.5 Å². The predicted octanol–water partition coefficient (Wildman–Crippen LogP) is 0.393. The van der Waals surface area contributed by atoms with E-state index in [1.807, 2.05) is 0 Å². The van der Waals surface area contributed by atoms with E-state index in [0.717, 1.165) is 0 Å². The van der Waals surface area contributed by atoms with Crippen molar-refractivity contribution >= 4 is 23.4 Å². The third-order valence-electron chi connectivity index (χ3n) is 2.44. The minimum absolute atomic E-state index is 0.0361. The van der Waals surface area contributed by atoms with Gasteiger partial charge in [0.1, 0.15) is 12.0 Å². The zero-order chi connectivity index (χ0) is 12.4. The monoisotopic (exact) mass is 255 g/mol. The van der Waals surface area contributed by atoms with Gasteiger partial charge in [-0.05, 0) is 6.07 Å². The number of ether oxygens (including phenoxy) is 1. The van der Waals surface area contributed by atoms with Crippen LogP contribution in [-0.2, 0) is 9.53 Å². The molecule has 1 fully saturated rings. The van der Waals surface area contributed by atoms with Gasteiger partial charge in [-0.25, -0.2) is 4.79 Å². The maximum atomic E-state index is 11.6. The molecule has 2 rings (SSSR count). The number of anilines is 1. The highest BCUT2D eigenvalue weighted by atomic mass is 32.2. The fourth-order valence-electron chi connectivity index (χ4n) is 1.52. The van der Waals surface area contributed by atoms with Gasteiger partial charge in [-0.15, -0.1) is 11.8 Å². The van der Waals surface area contributed by atoms with Gasteiger partial charge in [0.2, 0.25) is 0 Å². The summed E-state index contributed by atoms with van der Waals surface area (Å²) in [6, 6.07) is 1.53. The molecule has 0 aromatic carbocycles. The first kappa shape index (κ1) is 12.1. The van der Waals surface area contributed by atoms with Crippen molar-refractivity contribution in [1.29, 1.82) is 0 Å². The van der Waals surface area contributed by atoms with E-state index in [4.69, 9.17) is 10.5 Å². The quantitative estimate of drug-likeness (QED) is 0.840. The molecule has 92 valence electrons. The standard InChI is InChI=1S/C10H13N3O3S/c1-2-6(14)9-16-8(5-17-9)13-4-3-7(11)12-10(13)15/h3-4,8-9H,2,5H2,1H3,(H2,11,12,15). The second-order valence-corrected chi connectivity index (χ2v) is 4.71. The number of nitrogen functional groups attached to an aromatic ring is 1. The van der Waals surface area contributed by atoms with Crippen LogP contribution in [0, 0.1) is 0 Å². The maximum Gasteiger partial charge on any atom is 0.351 e. The summed E-state index contributed by atoms with van der Waals surface area (Å²) < 4.78 is 6.87. The Bertz CT molecular complexity index is 488. The van der Waals surface area contributed by atoms with Crippen LogP contribution in [-0.4, -0.2) is 26.5 Å². The summed E-state index contributed by atoms with van der Waals surface area (Å²) in [5.41, 5.74) is 4.46. The number of hydrogen-bond acceptors (Lipinski definition) is 6. The van der Waals surface area contributed by atoms with E-state index in [1.165, 1.54) is 28.6 Å². The number of Topliss-reactive ketones (excluding diaryl/α,β-unsaturated/α-hetero) is 1. The van der Waals surface area contributed by atoms with E-state index in [1.54, 1.807) is 6.92 Å². The average Bonchev–Trinajstić information content (AvgIpc) is 2.77. The molecule has 1 aromatic rings. The van der Waals surface area contributed by atoms with Crippen LogP contribution >= 0.6 is 11.8 Å². The second kappa shape index (κ2) is 4.89. The van der Waals surface area contributed by atoms with Crippen LogP contribution in [0.3, 0.4) is 0 Å². The Kier molecular flexibility index (Phi) is 3.49. The predicted molar refractivity (Wildman–Crippen MR) is 64.6 cm³/mol. The minimum Gasteiger partial charge on any atom is -0.383 e. The van der Waals surface area contributed by atoms with Crippen molar-refractivity contribution in [3.8, 4) is 0 Å². The smallest absolute Gasteiger partial charge is 0.351 e. The summed E-state index contributed by atoms with van der Waals surface area (Å²) in [6.45, 7) is 1.79. The molecule has 2 heterocycles. The number of thioether (sulfide) groups is 1. The molecular formula is C10H13N3O3S. The Morgan fingerprint density at radius 1 is 1.76 bits per heavy atom.